The van der Waals surface area contributed by atoms with E-state index < -0.39 is 83.7 Å². The van der Waals surface area contributed by atoms with E-state index in [1.807, 2.05) is 0 Å². The molecule has 3 unspecified atom stereocenters. The summed E-state index contributed by atoms with van der Waals surface area (Å²) in [4.78, 5) is 61.8. The van der Waals surface area contributed by atoms with Crippen LogP contribution in [0.4, 0.5) is 5.82 Å². The van der Waals surface area contributed by atoms with E-state index in [4.69, 9.17) is 29.0 Å². The first kappa shape index (κ1) is 62.9. The molecule has 0 radical (unpaired) electrons. The summed E-state index contributed by atoms with van der Waals surface area (Å²) in [6, 6.07) is 1.25. The minimum Gasteiger partial charge on any atom is -0.462 e. The van der Waals surface area contributed by atoms with Crippen molar-refractivity contribution in [2.75, 3.05) is 25.6 Å². The summed E-state index contributed by atoms with van der Waals surface area (Å²) < 4.78 is 56.8. The number of unbranched alkanes of at least 4 members (excludes halogenated alkanes) is 23. The molecule has 20 heteroatoms. The molecule has 0 aliphatic carbocycles. The molecule has 1 aromatic heterocycles. The van der Waals surface area contributed by atoms with E-state index in [0.29, 0.717) is 18.8 Å². The lowest BCUT2D eigenvalue weighted by molar-refractivity contribution is -0.161. The van der Waals surface area contributed by atoms with Crippen LogP contribution in [0.3, 0.4) is 0 Å². The highest BCUT2D eigenvalue weighted by Gasteiger charge is 2.46. The lowest BCUT2D eigenvalue weighted by Gasteiger charge is -2.21. The van der Waals surface area contributed by atoms with Gasteiger partial charge in [0.2, 0.25) is 0 Å². The second-order valence-corrected chi connectivity index (χ2v) is 22.7. The summed E-state index contributed by atoms with van der Waals surface area (Å²) in [6.45, 7) is 6.75. The zero-order chi connectivity index (χ0) is 50.9. The van der Waals surface area contributed by atoms with Crippen LogP contribution in [0.25, 0.3) is 0 Å². The third kappa shape index (κ3) is 31.1. The number of phosphoric acid groups is 2. The first-order valence-corrected chi connectivity index (χ1v) is 29.3. The molecular weight excluding hydrogens is 932 g/mol. The number of anilines is 1. The minimum absolute atomic E-state index is 0.0568. The third-order valence-electron chi connectivity index (χ3n) is 12.3. The van der Waals surface area contributed by atoms with Gasteiger partial charge in [0.1, 0.15) is 30.7 Å². The molecule has 0 amide bonds. The fourth-order valence-corrected chi connectivity index (χ4v) is 10.3. The van der Waals surface area contributed by atoms with Crippen molar-refractivity contribution in [2.24, 2.45) is 11.8 Å². The van der Waals surface area contributed by atoms with Crippen LogP contribution in [-0.4, -0.2) is 85.7 Å². The number of phosphoric ester groups is 2. The van der Waals surface area contributed by atoms with Gasteiger partial charge in [-0.05, 0) is 30.7 Å². The van der Waals surface area contributed by atoms with E-state index in [-0.39, 0.29) is 18.7 Å². The number of nitrogen functional groups attached to an aromatic ring is 1. The standard InChI is InChI=1S/C49H91N3O15P2/c1-39(2)30-26-22-18-15-13-11-9-7-5-6-8-10-12-14-16-20-25-29-33-45(54)65-41(36-62-44(53)32-28-24-21-17-19-23-27-31-40(3)4)37-63-68(58,59)67-69(60,61)64-38-42-46(55)47(56)48(66-42)52-35-34-43(50)51-49(52)57/h34-35,39-42,46-48,55-56H,5-33,36-38H2,1-4H3,(H,58,59)(H,60,61)(H2,50,51,57)/t41-,42-,46+,47?,48-/m1/s1. The zero-order valence-electron chi connectivity index (χ0n) is 42.5. The molecule has 1 aromatic rings. The van der Waals surface area contributed by atoms with Crippen LogP contribution in [0.5, 0.6) is 0 Å². The Hall–Kier alpha value is -2.24. The number of nitrogens with zero attached hydrogens (tertiary/aromatic N) is 2. The van der Waals surface area contributed by atoms with Crippen LogP contribution in [0.2, 0.25) is 0 Å². The third-order valence-corrected chi connectivity index (χ3v) is 14.9. The summed E-state index contributed by atoms with van der Waals surface area (Å²) in [7, 11) is -10.8. The number of hydrogen-bond donors (Lipinski definition) is 5. The van der Waals surface area contributed by atoms with Gasteiger partial charge < -0.3 is 39.9 Å². The predicted octanol–water partition coefficient (Wildman–Crippen LogP) is 10.8. The molecule has 18 nitrogen and oxygen atoms in total. The summed E-state index contributed by atoms with van der Waals surface area (Å²) in [6.07, 6.45) is 25.1. The molecule has 1 aliphatic rings. The van der Waals surface area contributed by atoms with Crippen LogP contribution >= 0.6 is 15.6 Å². The molecule has 7 atom stereocenters. The normalized spacial score (nSPS) is 19.4. The van der Waals surface area contributed by atoms with Gasteiger partial charge in [-0.1, -0.05) is 188 Å². The number of nitrogens with two attached hydrogens (primary N) is 1. The number of aliphatic hydroxyl groups excluding tert-OH is 2. The SMILES string of the molecule is CC(C)CCCCCCCCCCCCCCCCCCCCC(=O)O[C@H](COC(=O)CCCCCCCCCC(C)C)COP(=O)(O)OP(=O)(O)OC[C@H]1O[C@@H](n2ccc(N)nc2=O)C(O)[C@H]1O. The molecular formula is C49H91N3O15P2. The topological polar surface area (TPSA) is 265 Å². The number of carbonyl (C=O) groups is 2. The average Bonchev–Trinajstić information content (AvgIpc) is 3.56. The van der Waals surface area contributed by atoms with Gasteiger partial charge in [-0.15, -0.1) is 0 Å². The molecule has 2 heterocycles. The molecule has 2 rings (SSSR count). The first-order valence-electron chi connectivity index (χ1n) is 26.3. The van der Waals surface area contributed by atoms with E-state index in [1.165, 1.54) is 121 Å². The molecule has 1 saturated heterocycles. The molecule has 1 aliphatic heterocycles. The predicted molar refractivity (Wildman–Crippen MR) is 266 cm³/mol. The van der Waals surface area contributed by atoms with E-state index >= 15 is 0 Å². The number of ether oxygens (including phenoxy) is 3. The van der Waals surface area contributed by atoms with Crippen LogP contribution < -0.4 is 11.4 Å². The lowest BCUT2D eigenvalue weighted by Crippen LogP contribution is -2.36. The minimum atomic E-state index is -5.42. The van der Waals surface area contributed by atoms with Crippen molar-refractivity contribution >= 4 is 33.4 Å². The van der Waals surface area contributed by atoms with Crippen LogP contribution in [0, 0.1) is 11.8 Å². The molecule has 0 saturated carbocycles. The van der Waals surface area contributed by atoms with Gasteiger partial charge in [0, 0.05) is 19.0 Å². The molecule has 69 heavy (non-hydrogen) atoms. The van der Waals surface area contributed by atoms with Gasteiger partial charge in [-0.3, -0.25) is 23.2 Å². The highest BCUT2D eigenvalue weighted by Crippen LogP contribution is 2.60. The fourth-order valence-electron chi connectivity index (χ4n) is 8.21. The zero-order valence-corrected chi connectivity index (χ0v) is 44.3. The van der Waals surface area contributed by atoms with Gasteiger partial charge in [-0.2, -0.15) is 9.29 Å². The number of hydrogen-bond acceptors (Lipinski definition) is 15. The Morgan fingerprint density at radius 1 is 0.652 bits per heavy atom. The Morgan fingerprint density at radius 3 is 1.52 bits per heavy atom. The Morgan fingerprint density at radius 2 is 1.07 bits per heavy atom. The Kier molecular flexibility index (Phi) is 33.4. The van der Waals surface area contributed by atoms with E-state index in [2.05, 4.69) is 37.0 Å². The van der Waals surface area contributed by atoms with Crippen molar-refractivity contribution in [3.05, 3.63) is 22.7 Å². The summed E-state index contributed by atoms with van der Waals surface area (Å²) >= 11 is 0. The van der Waals surface area contributed by atoms with Crippen molar-refractivity contribution in [1.82, 2.24) is 9.55 Å². The van der Waals surface area contributed by atoms with Crippen molar-refractivity contribution in [1.29, 1.82) is 0 Å². The maximum Gasteiger partial charge on any atom is 0.481 e. The highest BCUT2D eigenvalue weighted by atomic mass is 31.3. The fraction of sp³-hybridized carbons (Fsp3) is 0.878. The molecule has 0 bridgehead atoms. The van der Waals surface area contributed by atoms with Crippen LogP contribution in [0.15, 0.2) is 17.1 Å². The van der Waals surface area contributed by atoms with Gasteiger partial charge in [0.15, 0.2) is 12.3 Å². The Balaban J connectivity index is 1.74. The molecule has 0 spiro atoms. The Bertz CT molecular complexity index is 1680. The monoisotopic (exact) mass is 1020 g/mol. The summed E-state index contributed by atoms with van der Waals surface area (Å²) in [5.41, 5.74) is 4.59. The van der Waals surface area contributed by atoms with E-state index in [0.717, 1.165) is 61.9 Å². The van der Waals surface area contributed by atoms with Crippen molar-refractivity contribution in [2.45, 2.75) is 245 Å². The maximum absolute atomic E-state index is 12.9. The summed E-state index contributed by atoms with van der Waals surface area (Å²) in [5, 5.41) is 20.9. The van der Waals surface area contributed by atoms with E-state index in [9.17, 15) is 43.5 Å². The van der Waals surface area contributed by atoms with Gasteiger partial charge in [0.25, 0.3) is 0 Å². The largest absolute Gasteiger partial charge is 0.481 e. The average molecular weight is 1020 g/mol. The maximum atomic E-state index is 12.9. The van der Waals surface area contributed by atoms with Crippen molar-refractivity contribution < 1.29 is 66.3 Å². The van der Waals surface area contributed by atoms with Crippen molar-refractivity contribution in [3.63, 3.8) is 0 Å². The van der Waals surface area contributed by atoms with Gasteiger partial charge in [-0.25, -0.2) is 13.9 Å². The smallest absolute Gasteiger partial charge is 0.462 e. The molecule has 402 valence electrons. The lowest BCUT2D eigenvalue weighted by atomic mass is 10.0. The first-order chi connectivity index (χ1) is 32.9. The molecule has 6 N–H and O–H groups in total. The van der Waals surface area contributed by atoms with Gasteiger partial charge in [0.05, 0.1) is 13.2 Å². The molecule has 1 fully saturated rings. The van der Waals surface area contributed by atoms with Crippen molar-refractivity contribution in [3.8, 4) is 0 Å². The number of esters is 2. The van der Waals surface area contributed by atoms with Crippen LogP contribution in [-0.2, 0) is 46.3 Å². The second kappa shape index (κ2) is 36.6. The second-order valence-electron chi connectivity index (χ2n) is 19.7. The Labute approximate surface area is 412 Å². The highest BCUT2D eigenvalue weighted by molar-refractivity contribution is 7.61. The van der Waals surface area contributed by atoms with Gasteiger partial charge >= 0.3 is 33.3 Å². The number of aliphatic hydroxyl groups is 2. The quantitative estimate of drug-likeness (QED) is 0.0231. The number of aromatic nitrogens is 2. The summed E-state index contributed by atoms with van der Waals surface area (Å²) in [5.74, 6) is 0.239. The van der Waals surface area contributed by atoms with E-state index in [1.54, 1.807) is 0 Å². The number of rotatable bonds is 43. The van der Waals surface area contributed by atoms with Crippen LogP contribution in [0.1, 0.15) is 220 Å². The molecule has 0 aromatic carbocycles. The number of carbonyl (C=O) groups excluding carboxylic acids is 2.